The molecule has 0 radical (unpaired) electrons. The van der Waals surface area contributed by atoms with Crippen LogP contribution in [0.15, 0.2) is 50.8 Å². The van der Waals surface area contributed by atoms with E-state index in [0.29, 0.717) is 34.6 Å². The molecular weight excluding hydrogens is 410 g/mol. The average Bonchev–Trinajstić information content (AvgIpc) is 2.68. The quantitative estimate of drug-likeness (QED) is 0.555. The maximum absolute atomic E-state index is 13.0. The fourth-order valence-corrected chi connectivity index (χ4v) is 3.12. The van der Waals surface area contributed by atoms with Gasteiger partial charge in [-0.15, -0.1) is 0 Å². The molecule has 0 aliphatic heterocycles. The molecule has 0 atom stereocenters. The fourth-order valence-electron chi connectivity index (χ4n) is 2.76. The van der Waals surface area contributed by atoms with Crippen LogP contribution < -0.4 is 15.0 Å². The Balaban J connectivity index is 2.10. The predicted octanol–water partition coefficient (Wildman–Crippen LogP) is 4.01. The van der Waals surface area contributed by atoms with Crippen LogP contribution in [0, 0.1) is 0 Å². The summed E-state index contributed by atoms with van der Waals surface area (Å²) in [6.07, 6.45) is 3.14. The van der Waals surface area contributed by atoms with E-state index < -0.39 is 0 Å². The van der Waals surface area contributed by atoms with E-state index in [2.05, 4.69) is 26.0 Å². The van der Waals surface area contributed by atoms with E-state index in [9.17, 15) is 4.79 Å². The lowest BCUT2D eigenvalue weighted by Gasteiger charge is -2.09. The van der Waals surface area contributed by atoms with Crippen molar-refractivity contribution in [3.8, 4) is 11.5 Å². The van der Waals surface area contributed by atoms with E-state index in [-0.39, 0.29) is 5.56 Å². The highest BCUT2D eigenvalue weighted by Crippen LogP contribution is 2.27. The molecule has 6 nitrogen and oxygen atoms in total. The number of ether oxygens (including phenoxy) is 2. The van der Waals surface area contributed by atoms with Crippen LogP contribution in [-0.2, 0) is 6.42 Å². The molecule has 140 valence electrons. The lowest BCUT2D eigenvalue weighted by atomic mass is 10.2. The van der Waals surface area contributed by atoms with Crippen molar-refractivity contribution in [1.82, 2.24) is 9.66 Å². The molecule has 0 saturated heterocycles. The first-order chi connectivity index (χ1) is 13.1. The topological polar surface area (TPSA) is 65.7 Å². The first-order valence-electron chi connectivity index (χ1n) is 8.55. The molecular formula is C20H20BrN3O3. The summed E-state index contributed by atoms with van der Waals surface area (Å²) in [4.78, 5) is 17.6. The van der Waals surface area contributed by atoms with Crippen LogP contribution in [0.4, 0.5) is 0 Å². The Bertz CT molecular complexity index is 1060. The van der Waals surface area contributed by atoms with Gasteiger partial charge >= 0.3 is 0 Å². The molecule has 27 heavy (non-hydrogen) atoms. The lowest BCUT2D eigenvalue weighted by Crippen LogP contribution is -2.22. The number of methoxy groups -OCH3 is 2. The van der Waals surface area contributed by atoms with Crippen LogP contribution in [0.2, 0.25) is 0 Å². The van der Waals surface area contributed by atoms with Crippen molar-refractivity contribution >= 4 is 33.0 Å². The molecule has 0 bridgehead atoms. The highest BCUT2D eigenvalue weighted by atomic mass is 79.9. The molecule has 0 spiro atoms. The molecule has 0 fully saturated rings. The molecule has 2 aromatic carbocycles. The molecule has 3 aromatic rings. The minimum absolute atomic E-state index is 0.193. The molecule has 7 heteroatoms. The molecule has 3 rings (SSSR count). The minimum atomic E-state index is -0.193. The SMILES string of the molecule is CCCc1nc2ccc(Br)cc2c(=O)n1N=Cc1ccc(OC)c(OC)c1. The van der Waals surface area contributed by atoms with E-state index in [1.807, 2.05) is 25.1 Å². The van der Waals surface area contributed by atoms with Crippen molar-refractivity contribution < 1.29 is 9.47 Å². The number of nitrogens with zero attached hydrogens (tertiary/aromatic N) is 3. The van der Waals surface area contributed by atoms with Crippen molar-refractivity contribution in [3.05, 3.63) is 62.6 Å². The number of fused-ring (bicyclic) bond motifs is 1. The maximum Gasteiger partial charge on any atom is 0.282 e. The van der Waals surface area contributed by atoms with Gasteiger partial charge < -0.3 is 9.47 Å². The summed E-state index contributed by atoms with van der Waals surface area (Å²) in [5.74, 6) is 1.87. The fraction of sp³-hybridized carbons (Fsp3) is 0.250. The monoisotopic (exact) mass is 429 g/mol. The summed E-state index contributed by atoms with van der Waals surface area (Å²) in [6, 6.07) is 10.9. The van der Waals surface area contributed by atoms with Crippen LogP contribution in [0.5, 0.6) is 11.5 Å². The molecule has 0 aliphatic rings. The van der Waals surface area contributed by atoms with Gasteiger partial charge in [0.2, 0.25) is 0 Å². The van der Waals surface area contributed by atoms with Crippen LogP contribution in [-0.4, -0.2) is 30.1 Å². The Labute approximate surface area is 165 Å². The first-order valence-corrected chi connectivity index (χ1v) is 9.34. The molecule has 0 N–H and O–H groups in total. The standard InChI is InChI=1S/C20H20BrN3O3/c1-4-5-19-23-16-8-7-14(21)11-15(16)20(25)24(19)22-12-13-6-9-17(26-2)18(10-13)27-3/h6-12H,4-5H2,1-3H3. The van der Waals surface area contributed by atoms with Gasteiger partial charge in [0.05, 0.1) is 31.3 Å². The second-order valence-electron chi connectivity index (χ2n) is 5.92. The van der Waals surface area contributed by atoms with Crippen molar-refractivity contribution in [1.29, 1.82) is 0 Å². The van der Waals surface area contributed by atoms with E-state index in [1.165, 1.54) is 4.68 Å². The number of halogens is 1. The Hall–Kier alpha value is -2.67. The van der Waals surface area contributed by atoms with Gasteiger partial charge in [-0.2, -0.15) is 9.78 Å². The van der Waals surface area contributed by atoms with Crippen LogP contribution in [0.3, 0.4) is 0 Å². The molecule has 0 unspecified atom stereocenters. The number of aromatic nitrogens is 2. The summed E-state index contributed by atoms with van der Waals surface area (Å²) in [6.45, 7) is 2.04. The Morgan fingerprint density at radius 1 is 1.15 bits per heavy atom. The van der Waals surface area contributed by atoms with Crippen LogP contribution >= 0.6 is 15.9 Å². The average molecular weight is 430 g/mol. The summed E-state index contributed by atoms with van der Waals surface area (Å²) in [5, 5.41) is 4.93. The normalized spacial score (nSPS) is 11.3. The second kappa shape index (κ2) is 8.35. The zero-order valence-electron chi connectivity index (χ0n) is 15.4. The molecule has 1 heterocycles. The van der Waals surface area contributed by atoms with Crippen LogP contribution in [0.1, 0.15) is 24.7 Å². The zero-order chi connectivity index (χ0) is 19.4. The minimum Gasteiger partial charge on any atom is -0.493 e. The van der Waals surface area contributed by atoms with Gasteiger partial charge in [0.15, 0.2) is 11.5 Å². The maximum atomic E-state index is 13.0. The summed E-state index contributed by atoms with van der Waals surface area (Å²) in [7, 11) is 3.16. The van der Waals surface area contributed by atoms with E-state index >= 15 is 0 Å². The number of hydrogen-bond acceptors (Lipinski definition) is 5. The smallest absolute Gasteiger partial charge is 0.282 e. The number of rotatable bonds is 6. The number of hydrogen-bond donors (Lipinski definition) is 0. The van der Waals surface area contributed by atoms with Crippen molar-refractivity contribution in [2.75, 3.05) is 14.2 Å². The molecule has 1 aromatic heterocycles. The van der Waals surface area contributed by atoms with Crippen molar-refractivity contribution in [2.24, 2.45) is 5.10 Å². The molecule has 0 aliphatic carbocycles. The Morgan fingerprint density at radius 3 is 2.63 bits per heavy atom. The van der Waals surface area contributed by atoms with Gasteiger partial charge in [-0.1, -0.05) is 22.9 Å². The lowest BCUT2D eigenvalue weighted by molar-refractivity contribution is 0.355. The van der Waals surface area contributed by atoms with Gasteiger partial charge in [-0.05, 0) is 48.4 Å². The molecule has 0 amide bonds. The van der Waals surface area contributed by atoms with Crippen molar-refractivity contribution in [2.45, 2.75) is 19.8 Å². The van der Waals surface area contributed by atoms with Gasteiger partial charge in [-0.3, -0.25) is 4.79 Å². The second-order valence-corrected chi connectivity index (χ2v) is 6.83. The third-order valence-electron chi connectivity index (χ3n) is 4.08. The Morgan fingerprint density at radius 2 is 1.93 bits per heavy atom. The highest BCUT2D eigenvalue weighted by Gasteiger charge is 2.10. The number of aryl methyl sites for hydroxylation is 1. The van der Waals surface area contributed by atoms with Gasteiger partial charge in [0, 0.05) is 10.9 Å². The van der Waals surface area contributed by atoms with Gasteiger partial charge in [0.25, 0.3) is 5.56 Å². The van der Waals surface area contributed by atoms with Crippen LogP contribution in [0.25, 0.3) is 10.9 Å². The van der Waals surface area contributed by atoms with E-state index in [1.54, 1.807) is 38.6 Å². The van der Waals surface area contributed by atoms with Gasteiger partial charge in [0.1, 0.15) is 5.82 Å². The molecule has 0 saturated carbocycles. The summed E-state index contributed by atoms with van der Waals surface area (Å²) < 4.78 is 12.8. The van der Waals surface area contributed by atoms with Crippen molar-refractivity contribution in [3.63, 3.8) is 0 Å². The van der Waals surface area contributed by atoms with E-state index in [0.717, 1.165) is 16.5 Å². The third kappa shape index (κ3) is 4.03. The zero-order valence-corrected chi connectivity index (χ0v) is 17.0. The van der Waals surface area contributed by atoms with Gasteiger partial charge in [-0.25, -0.2) is 4.98 Å². The highest BCUT2D eigenvalue weighted by molar-refractivity contribution is 9.10. The predicted molar refractivity (Wildman–Crippen MR) is 110 cm³/mol. The largest absolute Gasteiger partial charge is 0.493 e. The Kier molecular flexibility index (Phi) is 5.91. The summed E-state index contributed by atoms with van der Waals surface area (Å²) >= 11 is 3.41. The summed E-state index contributed by atoms with van der Waals surface area (Å²) in [5.41, 5.74) is 1.27. The van der Waals surface area contributed by atoms with E-state index in [4.69, 9.17) is 9.47 Å². The number of benzene rings is 2. The first kappa shape index (κ1) is 19.1. The third-order valence-corrected chi connectivity index (χ3v) is 4.57.